The van der Waals surface area contributed by atoms with Gasteiger partial charge in [0.1, 0.15) is 12.4 Å². The highest BCUT2D eigenvalue weighted by Gasteiger charge is 2.19. The molecule has 0 radical (unpaired) electrons. The van der Waals surface area contributed by atoms with Gasteiger partial charge in [0, 0.05) is 12.1 Å². The van der Waals surface area contributed by atoms with Crippen LogP contribution < -0.4 is 10.1 Å². The monoisotopic (exact) mass is 381 g/mol. The van der Waals surface area contributed by atoms with Gasteiger partial charge in [0.15, 0.2) is 6.61 Å². The van der Waals surface area contributed by atoms with Crippen molar-refractivity contribution < 1.29 is 28.6 Å². The van der Waals surface area contributed by atoms with E-state index in [2.05, 4.69) is 10.1 Å². The van der Waals surface area contributed by atoms with Gasteiger partial charge < -0.3 is 19.5 Å². The Bertz CT molecular complexity index is 917. The summed E-state index contributed by atoms with van der Waals surface area (Å²) in [4.78, 5) is 35.4. The predicted molar refractivity (Wildman–Crippen MR) is 101 cm³/mol. The van der Waals surface area contributed by atoms with Crippen molar-refractivity contribution in [1.82, 2.24) is 5.32 Å². The Balaban J connectivity index is 1.46. The molecule has 1 N–H and O–H groups in total. The first-order valence-electron chi connectivity index (χ1n) is 8.60. The number of fused-ring (bicyclic) bond motifs is 1. The second-order valence-electron chi connectivity index (χ2n) is 6.04. The molecule has 1 aliphatic rings. The summed E-state index contributed by atoms with van der Waals surface area (Å²) in [5.41, 5.74) is 2.37. The Labute approximate surface area is 161 Å². The first-order valence-corrected chi connectivity index (χ1v) is 8.60. The molecule has 7 nitrogen and oxygen atoms in total. The van der Waals surface area contributed by atoms with Crippen molar-refractivity contribution in [2.45, 2.75) is 6.54 Å². The number of hydrogen-bond donors (Lipinski definition) is 1. The standard InChI is InChI=1S/C21H19NO6/c1-26-20(24)15-8-6-14(7-9-15)11-22-19(23)13-28-21(25)17-10-16-4-2-3-5-18(16)27-12-17/h2-10H,11-13H2,1H3,(H,22,23). The molecular formula is C21H19NO6. The number of benzene rings is 2. The third-order valence-electron chi connectivity index (χ3n) is 4.09. The number of nitrogens with one attached hydrogen (secondary N) is 1. The zero-order valence-electron chi connectivity index (χ0n) is 15.3. The Morgan fingerprint density at radius 3 is 2.54 bits per heavy atom. The normalized spacial score (nSPS) is 12.1. The number of methoxy groups -OCH3 is 1. The molecular weight excluding hydrogens is 362 g/mol. The summed E-state index contributed by atoms with van der Waals surface area (Å²) >= 11 is 0. The summed E-state index contributed by atoms with van der Waals surface area (Å²) in [5.74, 6) is -0.740. The van der Waals surface area contributed by atoms with Gasteiger partial charge in [-0.1, -0.05) is 30.3 Å². The van der Waals surface area contributed by atoms with Crippen LogP contribution in [0.3, 0.4) is 0 Å². The van der Waals surface area contributed by atoms with E-state index in [1.165, 1.54) is 7.11 Å². The number of para-hydroxylation sites is 1. The fourth-order valence-electron chi connectivity index (χ4n) is 2.59. The highest BCUT2D eigenvalue weighted by molar-refractivity contribution is 5.96. The van der Waals surface area contributed by atoms with Crippen LogP contribution >= 0.6 is 0 Å². The number of amides is 1. The summed E-state index contributed by atoms with van der Waals surface area (Å²) in [6.45, 7) is -0.0426. The lowest BCUT2D eigenvalue weighted by Crippen LogP contribution is -2.29. The van der Waals surface area contributed by atoms with Crippen LogP contribution in [0.25, 0.3) is 6.08 Å². The first-order chi connectivity index (χ1) is 13.6. The molecule has 144 valence electrons. The summed E-state index contributed by atoms with van der Waals surface area (Å²) in [6.07, 6.45) is 1.70. The molecule has 28 heavy (non-hydrogen) atoms. The Hall–Kier alpha value is -3.61. The molecule has 1 amide bonds. The number of carbonyl (C=O) groups is 3. The van der Waals surface area contributed by atoms with Gasteiger partial charge in [0.2, 0.25) is 0 Å². The SMILES string of the molecule is COC(=O)c1ccc(CNC(=O)COC(=O)C2=Cc3ccccc3OC2)cc1. The van der Waals surface area contributed by atoms with Crippen molar-refractivity contribution in [2.24, 2.45) is 0 Å². The molecule has 0 bridgehead atoms. The van der Waals surface area contributed by atoms with Crippen molar-refractivity contribution in [3.8, 4) is 5.75 Å². The topological polar surface area (TPSA) is 90.9 Å². The van der Waals surface area contributed by atoms with E-state index >= 15 is 0 Å². The summed E-state index contributed by atoms with van der Waals surface area (Å²) in [5, 5.41) is 2.65. The van der Waals surface area contributed by atoms with Crippen molar-refractivity contribution >= 4 is 23.9 Å². The minimum absolute atomic E-state index is 0.101. The van der Waals surface area contributed by atoms with Gasteiger partial charge in [-0.2, -0.15) is 0 Å². The molecule has 3 rings (SSSR count). The minimum Gasteiger partial charge on any atom is -0.488 e. The van der Waals surface area contributed by atoms with Crippen LogP contribution in [0.5, 0.6) is 5.75 Å². The fraction of sp³-hybridized carbons (Fsp3) is 0.190. The van der Waals surface area contributed by atoms with Crippen molar-refractivity contribution in [3.63, 3.8) is 0 Å². The zero-order chi connectivity index (χ0) is 19.9. The predicted octanol–water partition coefficient (Wildman–Crippen LogP) is 2.11. The zero-order valence-corrected chi connectivity index (χ0v) is 15.3. The van der Waals surface area contributed by atoms with Crippen LogP contribution in [-0.4, -0.2) is 38.2 Å². The molecule has 1 heterocycles. The van der Waals surface area contributed by atoms with Crippen molar-refractivity contribution in [1.29, 1.82) is 0 Å². The van der Waals surface area contributed by atoms with E-state index < -0.39 is 24.5 Å². The molecule has 7 heteroatoms. The minimum atomic E-state index is -0.591. The van der Waals surface area contributed by atoms with Gasteiger partial charge in [0.05, 0.1) is 18.2 Å². The van der Waals surface area contributed by atoms with E-state index in [-0.39, 0.29) is 13.2 Å². The summed E-state index contributed by atoms with van der Waals surface area (Å²) in [6, 6.07) is 14.0. The third kappa shape index (κ3) is 4.76. The van der Waals surface area contributed by atoms with Gasteiger partial charge in [-0.05, 0) is 29.8 Å². The molecule has 0 aromatic heterocycles. The van der Waals surface area contributed by atoms with Crippen LogP contribution in [0.4, 0.5) is 0 Å². The fourth-order valence-corrected chi connectivity index (χ4v) is 2.59. The highest BCUT2D eigenvalue weighted by atomic mass is 16.5. The second kappa shape index (κ2) is 8.85. The third-order valence-corrected chi connectivity index (χ3v) is 4.09. The molecule has 0 saturated carbocycles. The Morgan fingerprint density at radius 1 is 1.04 bits per heavy atom. The van der Waals surface area contributed by atoms with Crippen LogP contribution in [0.2, 0.25) is 0 Å². The second-order valence-corrected chi connectivity index (χ2v) is 6.04. The average molecular weight is 381 g/mol. The molecule has 2 aromatic rings. The number of rotatable bonds is 6. The summed E-state index contributed by atoms with van der Waals surface area (Å²) < 4.78 is 15.2. The lowest BCUT2D eigenvalue weighted by atomic mass is 10.1. The van der Waals surface area contributed by atoms with Gasteiger partial charge in [-0.15, -0.1) is 0 Å². The lowest BCUT2D eigenvalue weighted by Gasteiger charge is -2.16. The molecule has 0 spiro atoms. The van der Waals surface area contributed by atoms with Crippen molar-refractivity contribution in [2.75, 3.05) is 20.3 Å². The van der Waals surface area contributed by atoms with E-state index in [1.54, 1.807) is 30.3 Å². The highest BCUT2D eigenvalue weighted by Crippen LogP contribution is 2.25. The average Bonchev–Trinajstić information content (AvgIpc) is 2.75. The molecule has 0 saturated heterocycles. The lowest BCUT2D eigenvalue weighted by molar-refractivity contribution is -0.145. The Kier molecular flexibility index (Phi) is 6.06. The number of carbonyl (C=O) groups excluding carboxylic acids is 3. The first kappa shape index (κ1) is 19.2. The van der Waals surface area contributed by atoms with Gasteiger partial charge in [0.25, 0.3) is 5.91 Å². The van der Waals surface area contributed by atoms with E-state index in [0.29, 0.717) is 16.9 Å². The van der Waals surface area contributed by atoms with Crippen LogP contribution in [0.15, 0.2) is 54.1 Å². The van der Waals surface area contributed by atoms with Crippen LogP contribution in [-0.2, 0) is 25.6 Å². The van der Waals surface area contributed by atoms with Gasteiger partial charge >= 0.3 is 11.9 Å². The van der Waals surface area contributed by atoms with E-state index in [1.807, 2.05) is 24.3 Å². The molecule has 1 aliphatic heterocycles. The number of esters is 2. The quantitative estimate of drug-likeness (QED) is 0.771. The smallest absolute Gasteiger partial charge is 0.338 e. The maximum absolute atomic E-state index is 12.1. The number of ether oxygens (including phenoxy) is 3. The van der Waals surface area contributed by atoms with E-state index in [4.69, 9.17) is 9.47 Å². The largest absolute Gasteiger partial charge is 0.488 e. The van der Waals surface area contributed by atoms with E-state index in [9.17, 15) is 14.4 Å². The van der Waals surface area contributed by atoms with Crippen LogP contribution in [0, 0.1) is 0 Å². The maximum Gasteiger partial charge on any atom is 0.338 e. The van der Waals surface area contributed by atoms with Crippen molar-refractivity contribution in [3.05, 3.63) is 70.8 Å². The molecule has 0 unspecified atom stereocenters. The number of hydrogen-bond acceptors (Lipinski definition) is 6. The summed E-state index contributed by atoms with van der Waals surface area (Å²) in [7, 11) is 1.31. The molecule has 0 atom stereocenters. The van der Waals surface area contributed by atoms with E-state index in [0.717, 1.165) is 11.1 Å². The Morgan fingerprint density at radius 2 is 1.79 bits per heavy atom. The molecule has 0 fully saturated rings. The maximum atomic E-state index is 12.1. The molecule has 2 aromatic carbocycles. The van der Waals surface area contributed by atoms with Gasteiger partial charge in [-0.25, -0.2) is 9.59 Å². The van der Waals surface area contributed by atoms with Gasteiger partial charge in [-0.3, -0.25) is 4.79 Å². The van der Waals surface area contributed by atoms with Crippen LogP contribution in [0.1, 0.15) is 21.5 Å². The molecule has 0 aliphatic carbocycles.